The molecule has 0 spiro atoms. The maximum atomic E-state index is 9.00. The number of ether oxygens (including phenoxy) is 1. The molecule has 2 heteroatoms. The zero-order valence-electron chi connectivity index (χ0n) is 9.49. The molecule has 1 radical (unpaired) electrons. The van der Waals surface area contributed by atoms with E-state index in [4.69, 9.17) is 9.84 Å². The van der Waals surface area contributed by atoms with Crippen LogP contribution in [0, 0.1) is 6.61 Å². The molecule has 1 N–H and O–H groups in total. The molecule has 0 aromatic heterocycles. The molecule has 0 aliphatic carbocycles. The van der Waals surface area contributed by atoms with Gasteiger partial charge in [-0.1, -0.05) is 19.4 Å². The first-order valence-electron chi connectivity index (χ1n) is 5.54. The fourth-order valence-electron chi connectivity index (χ4n) is 1.54. The third kappa shape index (κ3) is 3.92. The van der Waals surface area contributed by atoms with Gasteiger partial charge in [-0.2, -0.15) is 0 Å². The lowest BCUT2D eigenvalue weighted by Crippen LogP contribution is -1.95. The Labute approximate surface area is 91.9 Å². The maximum Gasteiger partial charge on any atom is 0.119 e. The molecule has 0 amide bonds. The van der Waals surface area contributed by atoms with Gasteiger partial charge in [0.2, 0.25) is 0 Å². The number of rotatable bonds is 6. The van der Waals surface area contributed by atoms with Crippen molar-refractivity contribution in [1.82, 2.24) is 0 Å². The Hall–Kier alpha value is -1.02. The summed E-state index contributed by atoms with van der Waals surface area (Å²) in [5.74, 6) is 0.839. The van der Waals surface area contributed by atoms with Gasteiger partial charge in [0.05, 0.1) is 6.61 Å². The van der Waals surface area contributed by atoms with Crippen LogP contribution < -0.4 is 4.74 Å². The van der Waals surface area contributed by atoms with Gasteiger partial charge >= 0.3 is 0 Å². The van der Waals surface area contributed by atoms with Crippen molar-refractivity contribution >= 4 is 0 Å². The molecule has 83 valence electrons. The van der Waals surface area contributed by atoms with Crippen LogP contribution in [0.5, 0.6) is 5.75 Å². The topological polar surface area (TPSA) is 29.5 Å². The molecule has 0 aliphatic heterocycles. The summed E-state index contributed by atoms with van der Waals surface area (Å²) in [6.45, 7) is 5.91. The van der Waals surface area contributed by atoms with Crippen LogP contribution in [-0.2, 0) is 6.42 Å². The minimum Gasteiger partial charge on any atom is -0.494 e. The summed E-state index contributed by atoms with van der Waals surface area (Å²) in [6.07, 6.45) is 3.38. The van der Waals surface area contributed by atoms with Gasteiger partial charge < -0.3 is 9.84 Å². The van der Waals surface area contributed by atoms with Gasteiger partial charge in [0, 0.05) is 0 Å². The third-order valence-corrected chi connectivity index (χ3v) is 2.27. The van der Waals surface area contributed by atoms with Crippen molar-refractivity contribution in [2.24, 2.45) is 0 Å². The van der Waals surface area contributed by atoms with Crippen LogP contribution in [-0.4, -0.2) is 11.7 Å². The summed E-state index contributed by atoms with van der Waals surface area (Å²) in [5, 5.41) is 9.00. The van der Waals surface area contributed by atoms with E-state index < -0.39 is 0 Å². The highest BCUT2D eigenvalue weighted by Crippen LogP contribution is 2.19. The summed E-state index contributed by atoms with van der Waals surface area (Å²) >= 11 is 0. The highest BCUT2D eigenvalue weighted by molar-refractivity contribution is 5.36. The Morgan fingerprint density at radius 3 is 2.67 bits per heavy atom. The predicted molar refractivity (Wildman–Crippen MR) is 61.6 cm³/mol. The van der Waals surface area contributed by atoms with E-state index in [1.165, 1.54) is 18.4 Å². The standard InChI is InChI=1S/C13H19O2/c1-3-5-6-11-7-12(10-14)9-13(8-11)15-4-2/h7-10,14H,3-6H2,1-2H3. The molecule has 15 heavy (non-hydrogen) atoms. The number of hydrogen-bond donors (Lipinski definition) is 1. The first kappa shape index (κ1) is 12.1. The van der Waals surface area contributed by atoms with Crippen molar-refractivity contribution in [2.45, 2.75) is 33.1 Å². The summed E-state index contributed by atoms with van der Waals surface area (Å²) < 4.78 is 5.44. The summed E-state index contributed by atoms with van der Waals surface area (Å²) in [6, 6.07) is 5.89. The molecule has 1 aromatic rings. The van der Waals surface area contributed by atoms with Gasteiger partial charge in [0.1, 0.15) is 12.4 Å². The average molecular weight is 207 g/mol. The van der Waals surface area contributed by atoms with E-state index in [0.717, 1.165) is 24.3 Å². The van der Waals surface area contributed by atoms with Crippen molar-refractivity contribution in [3.05, 3.63) is 35.9 Å². The summed E-state index contributed by atoms with van der Waals surface area (Å²) in [7, 11) is 0. The average Bonchev–Trinajstić information content (AvgIpc) is 2.26. The van der Waals surface area contributed by atoms with E-state index in [1.807, 2.05) is 25.1 Å². The van der Waals surface area contributed by atoms with Crippen molar-refractivity contribution in [1.29, 1.82) is 0 Å². The molecule has 0 fully saturated rings. The lowest BCUT2D eigenvalue weighted by atomic mass is 10.1. The second kappa shape index (κ2) is 6.46. The molecule has 0 saturated carbocycles. The Morgan fingerprint density at radius 1 is 1.27 bits per heavy atom. The molecular weight excluding hydrogens is 188 g/mol. The Kier molecular flexibility index (Phi) is 5.19. The van der Waals surface area contributed by atoms with Crippen molar-refractivity contribution in [2.75, 3.05) is 6.61 Å². The molecule has 0 heterocycles. The second-order valence-electron chi connectivity index (χ2n) is 3.58. The number of aryl methyl sites for hydroxylation is 1. The Morgan fingerprint density at radius 2 is 2.07 bits per heavy atom. The first-order valence-corrected chi connectivity index (χ1v) is 5.54. The zero-order valence-corrected chi connectivity index (χ0v) is 9.49. The Bertz CT molecular complexity index is 295. The lowest BCUT2D eigenvalue weighted by molar-refractivity contribution is 0.338. The maximum absolute atomic E-state index is 9.00. The normalized spacial score (nSPS) is 10.3. The smallest absolute Gasteiger partial charge is 0.119 e. The molecule has 0 saturated heterocycles. The summed E-state index contributed by atoms with van der Waals surface area (Å²) in [4.78, 5) is 0. The van der Waals surface area contributed by atoms with Crippen LogP contribution in [0.25, 0.3) is 0 Å². The van der Waals surface area contributed by atoms with E-state index >= 15 is 0 Å². The molecule has 0 atom stereocenters. The van der Waals surface area contributed by atoms with E-state index in [0.29, 0.717) is 6.61 Å². The predicted octanol–water partition coefficient (Wildman–Crippen LogP) is 3.31. The van der Waals surface area contributed by atoms with Crippen molar-refractivity contribution in [3.8, 4) is 5.75 Å². The van der Waals surface area contributed by atoms with E-state index in [-0.39, 0.29) is 0 Å². The number of hydrogen-bond acceptors (Lipinski definition) is 2. The van der Waals surface area contributed by atoms with Gasteiger partial charge in [0.25, 0.3) is 0 Å². The monoisotopic (exact) mass is 207 g/mol. The van der Waals surface area contributed by atoms with Gasteiger partial charge in [0.15, 0.2) is 0 Å². The van der Waals surface area contributed by atoms with E-state index in [1.54, 1.807) is 0 Å². The van der Waals surface area contributed by atoms with Crippen LogP contribution in [0.2, 0.25) is 0 Å². The van der Waals surface area contributed by atoms with Gasteiger partial charge in [-0.05, 0) is 43.0 Å². The van der Waals surface area contributed by atoms with E-state index in [2.05, 4.69) is 6.92 Å². The van der Waals surface area contributed by atoms with Gasteiger partial charge in [-0.15, -0.1) is 0 Å². The van der Waals surface area contributed by atoms with Crippen LogP contribution in [0.3, 0.4) is 0 Å². The lowest BCUT2D eigenvalue weighted by Gasteiger charge is -2.08. The van der Waals surface area contributed by atoms with Crippen LogP contribution in [0.15, 0.2) is 18.2 Å². The minimum atomic E-state index is 0.655. The molecule has 0 bridgehead atoms. The molecular formula is C13H19O2. The van der Waals surface area contributed by atoms with Crippen molar-refractivity contribution in [3.63, 3.8) is 0 Å². The van der Waals surface area contributed by atoms with E-state index in [9.17, 15) is 0 Å². The molecule has 1 aromatic carbocycles. The second-order valence-corrected chi connectivity index (χ2v) is 3.58. The summed E-state index contributed by atoms with van der Waals surface area (Å²) in [5.41, 5.74) is 2.04. The number of benzene rings is 1. The third-order valence-electron chi connectivity index (χ3n) is 2.27. The first-order chi connectivity index (χ1) is 7.30. The van der Waals surface area contributed by atoms with Gasteiger partial charge in [-0.25, -0.2) is 0 Å². The zero-order chi connectivity index (χ0) is 11.1. The van der Waals surface area contributed by atoms with Crippen LogP contribution in [0.4, 0.5) is 0 Å². The highest BCUT2D eigenvalue weighted by atomic mass is 16.5. The SMILES string of the molecule is CCCCc1cc([CH]O)cc(OCC)c1. The fraction of sp³-hybridized carbons (Fsp3) is 0.462. The number of unbranched alkanes of at least 4 members (excludes halogenated alkanes) is 1. The van der Waals surface area contributed by atoms with Crippen LogP contribution in [0.1, 0.15) is 37.8 Å². The largest absolute Gasteiger partial charge is 0.494 e. The number of aliphatic hydroxyl groups is 1. The highest BCUT2D eigenvalue weighted by Gasteiger charge is 2.01. The van der Waals surface area contributed by atoms with Crippen LogP contribution >= 0.6 is 0 Å². The molecule has 2 nitrogen and oxygen atoms in total. The molecule has 0 aliphatic rings. The molecule has 0 unspecified atom stereocenters. The van der Waals surface area contributed by atoms with Crippen molar-refractivity contribution < 1.29 is 9.84 Å². The number of aliphatic hydroxyl groups excluding tert-OH is 1. The minimum absolute atomic E-state index is 0.655. The molecule has 1 rings (SSSR count). The van der Waals surface area contributed by atoms with Gasteiger partial charge in [-0.3, -0.25) is 0 Å². The fourth-order valence-corrected chi connectivity index (χ4v) is 1.54. The quantitative estimate of drug-likeness (QED) is 0.775. The Balaban J connectivity index is 2.79.